The van der Waals surface area contributed by atoms with Crippen LogP contribution >= 0.6 is 0 Å². The third kappa shape index (κ3) is 3.72. The number of rotatable bonds is 3. The first-order chi connectivity index (χ1) is 8.79. The van der Waals surface area contributed by atoms with E-state index in [4.69, 9.17) is 4.74 Å². The molecule has 0 saturated carbocycles. The summed E-state index contributed by atoms with van der Waals surface area (Å²) < 4.78 is 5.20. The summed E-state index contributed by atoms with van der Waals surface area (Å²) in [7, 11) is 1.75. The van der Waals surface area contributed by atoms with Crippen molar-refractivity contribution < 1.29 is 4.74 Å². The van der Waals surface area contributed by atoms with Crippen molar-refractivity contribution in [3.05, 3.63) is 29.8 Å². The Morgan fingerprint density at radius 3 is 3.11 bits per heavy atom. The fraction of sp³-hybridized carbons (Fsp3) is 0.600. The van der Waals surface area contributed by atoms with Crippen LogP contribution in [0, 0.1) is 0 Å². The zero-order valence-electron chi connectivity index (χ0n) is 11.5. The molecule has 3 heteroatoms. The van der Waals surface area contributed by atoms with Crippen LogP contribution < -0.4 is 10.2 Å². The summed E-state index contributed by atoms with van der Waals surface area (Å²) in [6.07, 6.45) is 2.41. The Morgan fingerprint density at radius 1 is 1.39 bits per heavy atom. The fourth-order valence-corrected chi connectivity index (χ4v) is 2.45. The van der Waals surface area contributed by atoms with E-state index in [1.807, 2.05) is 0 Å². The van der Waals surface area contributed by atoms with Gasteiger partial charge >= 0.3 is 0 Å². The third-order valence-electron chi connectivity index (χ3n) is 3.52. The van der Waals surface area contributed by atoms with Crippen LogP contribution in [0.2, 0.25) is 0 Å². The Bertz CT molecular complexity index is 367. The Kier molecular flexibility index (Phi) is 5.02. The molecule has 1 heterocycles. The van der Waals surface area contributed by atoms with Crippen molar-refractivity contribution in [3.8, 4) is 0 Å². The Hall–Kier alpha value is -1.06. The lowest BCUT2D eigenvalue weighted by atomic mass is 10.1. The summed E-state index contributed by atoms with van der Waals surface area (Å²) in [5.74, 6) is 0. The molecule has 2 rings (SSSR count). The molecule has 1 unspecified atom stereocenters. The molecule has 0 aliphatic carbocycles. The summed E-state index contributed by atoms with van der Waals surface area (Å²) in [5.41, 5.74) is 2.59. The molecule has 0 amide bonds. The maximum absolute atomic E-state index is 5.20. The molecular formula is C15H24N2O. The summed E-state index contributed by atoms with van der Waals surface area (Å²) in [5, 5.41) is 3.54. The second-order valence-electron chi connectivity index (χ2n) is 5.09. The number of hydrogen-bond acceptors (Lipinski definition) is 3. The Balaban J connectivity index is 2.05. The first kappa shape index (κ1) is 13.4. The minimum atomic E-state index is 0.620. The number of ether oxygens (including phenoxy) is 1. The number of methoxy groups -OCH3 is 1. The summed E-state index contributed by atoms with van der Waals surface area (Å²) in [6, 6.07) is 9.34. The van der Waals surface area contributed by atoms with Gasteiger partial charge in [-0.25, -0.2) is 0 Å². The second kappa shape index (κ2) is 6.76. The van der Waals surface area contributed by atoms with E-state index < -0.39 is 0 Å². The molecule has 1 aromatic carbocycles. The normalized spacial score (nSPS) is 21.4. The lowest BCUT2D eigenvalue weighted by Gasteiger charge is -2.29. The first-order valence-corrected chi connectivity index (χ1v) is 6.86. The Labute approximate surface area is 110 Å². The maximum Gasteiger partial charge on any atom is 0.0713 e. The largest absolute Gasteiger partial charge is 0.380 e. The fourth-order valence-electron chi connectivity index (χ4n) is 2.45. The zero-order valence-corrected chi connectivity index (χ0v) is 11.5. The van der Waals surface area contributed by atoms with Crippen molar-refractivity contribution in [1.82, 2.24) is 5.32 Å². The van der Waals surface area contributed by atoms with Crippen LogP contribution in [-0.2, 0) is 11.3 Å². The average molecular weight is 248 g/mol. The average Bonchev–Trinajstić information content (AvgIpc) is 2.35. The molecule has 0 aromatic heterocycles. The molecule has 0 radical (unpaired) electrons. The zero-order chi connectivity index (χ0) is 12.8. The first-order valence-electron chi connectivity index (χ1n) is 6.86. The smallest absolute Gasteiger partial charge is 0.0713 e. The predicted octanol–water partition coefficient (Wildman–Crippen LogP) is 2.41. The van der Waals surface area contributed by atoms with Crippen LogP contribution in [-0.4, -0.2) is 32.8 Å². The van der Waals surface area contributed by atoms with Gasteiger partial charge in [0.05, 0.1) is 6.61 Å². The van der Waals surface area contributed by atoms with Crippen LogP contribution in [0.15, 0.2) is 24.3 Å². The molecule has 1 fully saturated rings. The van der Waals surface area contributed by atoms with Gasteiger partial charge in [-0.15, -0.1) is 0 Å². The molecule has 100 valence electrons. The van der Waals surface area contributed by atoms with E-state index in [0.717, 1.165) is 19.6 Å². The van der Waals surface area contributed by atoms with Gasteiger partial charge in [-0.05, 0) is 44.0 Å². The SMILES string of the molecule is COCc1cccc(N2CCCNC(C)CC2)c1. The highest BCUT2D eigenvalue weighted by Crippen LogP contribution is 2.18. The van der Waals surface area contributed by atoms with E-state index in [9.17, 15) is 0 Å². The Morgan fingerprint density at radius 2 is 2.28 bits per heavy atom. The van der Waals surface area contributed by atoms with E-state index in [2.05, 4.69) is 41.4 Å². The maximum atomic E-state index is 5.20. The highest BCUT2D eigenvalue weighted by atomic mass is 16.5. The van der Waals surface area contributed by atoms with Gasteiger partial charge in [-0.2, -0.15) is 0 Å². The van der Waals surface area contributed by atoms with E-state index in [-0.39, 0.29) is 0 Å². The van der Waals surface area contributed by atoms with Gasteiger partial charge in [0.1, 0.15) is 0 Å². The van der Waals surface area contributed by atoms with Crippen molar-refractivity contribution in [1.29, 1.82) is 0 Å². The lowest BCUT2D eigenvalue weighted by Crippen LogP contribution is -2.38. The summed E-state index contributed by atoms with van der Waals surface area (Å²) in [4.78, 5) is 2.50. The van der Waals surface area contributed by atoms with Gasteiger partial charge < -0.3 is 15.0 Å². The molecule has 1 saturated heterocycles. The minimum absolute atomic E-state index is 0.620. The second-order valence-corrected chi connectivity index (χ2v) is 5.09. The van der Waals surface area contributed by atoms with Gasteiger partial charge in [0.25, 0.3) is 0 Å². The number of hydrogen-bond donors (Lipinski definition) is 1. The number of anilines is 1. The summed E-state index contributed by atoms with van der Waals surface area (Å²) in [6.45, 7) is 6.35. The van der Waals surface area contributed by atoms with Gasteiger partial charge in [0, 0.05) is 31.9 Å². The van der Waals surface area contributed by atoms with Crippen LogP contribution in [0.4, 0.5) is 5.69 Å². The van der Waals surface area contributed by atoms with Gasteiger partial charge in [0.15, 0.2) is 0 Å². The van der Waals surface area contributed by atoms with E-state index in [1.54, 1.807) is 7.11 Å². The monoisotopic (exact) mass is 248 g/mol. The molecule has 1 atom stereocenters. The van der Waals surface area contributed by atoms with E-state index >= 15 is 0 Å². The van der Waals surface area contributed by atoms with Crippen LogP contribution in [0.5, 0.6) is 0 Å². The van der Waals surface area contributed by atoms with E-state index in [1.165, 1.54) is 24.1 Å². The van der Waals surface area contributed by atoms with Gasteiger partial charge in [-0.1, -0.05) is 12.1 Å². The van der Waals surface area contributed by atoms with Crippen molar-refractivity contribution >= 4 is 5.69 Å². The molecule has 18 heavy (non-hydrogen) atoms. The third-order valence-corrected chi connectivity index (χ3v) is 3.52. The minimum Gasteiger partial charge on any atom is -0.380 e. The van der Waals surface area contributed by atoms with Crippen LogP contribution in [0.3, 0.4) is 0 Å². The van der Waals surface area contributed by atoms with Crippen molar-refractivity contribution in [3.63, 3.8) is 0 Å². The molecule has 0 spiro atoms. The van der Waals surface area contributed by atoms with E-state index in [0.29, 0.717) is 12.6 Å². The van der Waals surface area contributed by atoms with Gasteiger partial charge in [-0.3, -0.25) is 0 Å². The summed E-state index contributed by atoms with van der Waals surface area (Å²) >= 11 is 0. The molecule has 3 nitrogen and oxygen atoms in total. The lowest BCUT2D eigenvalue weighted by molar-refractivity contribution is 0.185. The van der Waals surface area contributed by atoms with Crippen molar-refractivity contribution in [2.75, 3.05) is 31.6 Å². The standard InChI is InChI=1S/C15H24N2O/c1-13-7-10-17(9-4-8-16-13)15-6-3-5-14(11-15)12-18-2/h3,5-6,11,13,16H,4,7-10,12H2,1-2H3. The van der Waals surface area contributed by atoms with Crippen molar-refractivity contribution in [2.45, 2.75) is 32.4 Å². The number of benzene rings is 1. The molecule has 1 aliphatic heterocycles. The molecule has 1 aliphatic rings. The number of nitrogens with zero attached hydrogens (tertiary/aromatic N) is 1. The molecule has 0 bridgehead atoms. The number of nitrogens with one attached hydrogen (secondary N) is 1. The van der Waals surface area contributed by atoms with Crippen molar-refractivity contribution in [2.24, 2.45) is 0 Å². The molecule has 1 N–H and O–H groups in total. The predicted molar refractivity (Wildman–Crippen MR) is 76.1 cm³/mol. The quantitative estimate of drug-likeness (QED) is 0.889. The topological polar surface area (TPSA) is 24.5 Å². The molecular weight excluding hydrogens is 224 g/mol. The van der Waals surface area contributed by atoms with Crippen LogP contribution in [0.25, 0.3) is 0 Å². The van der Waals surface area contributed by atoms with Crippen LogP contribution in [0.1, 0.15) is 25.3 Å². The van der Waals surface area contributed by atoms with Gasteiger partial charge in [0.2, 0.25) is 0 Å². The highest BCUT2D eigenvalue weighted by molar-refractivity contribution is 5.48. The highest BCUT2D eigenvalue weighted by Gasteiger charge is 2.12. The molecule has 1 aromatic rings.